The highest BCUT2D eigenvalue weighted by Crippen LogP contribution is 2.32. The minimum Gasteiger partial charge on any atom is -0.463 e. The van der Waals surface area contributed by atoms with Crippen LogP contribution in [0, 0.1) is 10.1 Å². The van der Waals surface area contributed by atoms with Crippen molar-refractivity contribution in [2.75, 3.05) is 6.61 Å². The average molecular weight is 626 g/mol. The summed E-state index contributed by atoms with van der Waals surface area (Å²) in [6.45, 7) is 3.45. The van der Waals surface area contributed by atoms with Crippen LogP contribution in [0.3, 0.4) is 0 Å². The van der Waals surface area contributed by atoms with E-state index in [1.54, 1.807) is 42.8 Å². The van der Waals surface area contributed by atoms with Crippen LogP contribution in [0.1, 0.15) is 31.0 Å². The molecule has 12 heteroatoms. The van der Waals surface area contributed by atoms with Gasteiger partial charge in [0.1, 0.15) is 5.69 Å². The quantitative estimate of drug-likeness (QED) is 0.139. The fourth-order valence-corrected chi connectivity index (χ4v) is 6.26. The number of thiazole rings is 1. The van der Waals surface area contributed by atoms with E-state index in [0.717, 1.165) is 22.6 Å². The van der Waals surface area contributed by atoms with Crippen molar-refractivity contribution in [3.05, 3.63) is 142 Å². The second kappa shape index (κ2) is 11.9. The maximum Gasteiger partial charge on any atom is 0.338 e. The molecule has 1 aliphatic heterocycles. The molecule has 0 saturated heterocycles. The Morgan fingerprint density at radius 3 is 2.57 bits per heavy atom. The summed E-state index contributed by atoms with van der Waals surface area (Å²) in [4.78, 5) is 43.4. The summed E-state index contributed by atoms with van der Waals surface area (Å²) in [5, 5.41) is 17.0. The first-order chi connectivity index (χ1) is 21.2. The Bertz CT molecular complexity index is 2130. The number of fused-ring (bicyclic) bond motifs is 1. The van der Waals surface area contributed by atoms with E-state index in [-0.39, 0.29) is 17.9 Å². The second-order valence-electron chi connectivity index (χ2n) is 9.87. The molecule has 44 heavy (non-hydrogen) atoms. The number of halogens is 1. The van der Waals surface area contributed by atoms with Gasteiger partial charge in [-0.1, -0.05) is 65.4 Å². The highest BCUT2D eigenvalue weighted by molar-refractivity contribution is 7.07. The lowest BCUT2D eigenvalue weighted by Crippen LogP contribution is -2.40. The number of hydrogen-bond donors (Lipinski definition) is 0. The van der Waals surface area contributed by atoms with Crippen molar-refractivity contribution in [2.24, 2.45) is 4.99 Å². The molecule has 1 atom stereocenters. The molecule has 0 saturated carbocycles. The maximum atomic E-state index is 14.2. The van der Waals surface area contributed by atoms with Gasteiger partial charge in [0.05, 0.1) is 39.1 Å². The molecule has 5 aromatic rings. The minimum absolute atomic E-state index is 0.112. The number of allylic oxidation sites excluding steroid dienone is 1. The number of para-hydroxylation sites is 1. The average Bonchev–Trinajstić information content (AvgIpc) is 3.58. The molecule has 6 rings (SSSR count). The molecule has 0 N–H and O–H groups in total. The first-order valence-electron chi connectivity index (χ1n) is 13.6. The fourth-order valence-electron chi connectivity index (χ4n) is 5.09. The van der Waals surface area contributed by atoms with Crippen LogP contribution < -0.4 is 14.9 Å². The number of benzene rings is 3. The number of nitrogens with zero attached hydrogens (tertiary/aromatic N) is 5. The van der Waals surface area contributed by atoms with Crippen LogP contribution in [0.15, 0.2) is 106 Å². The molecule has 0 bridgehead atoms. The van der Waals surface area contributed by atoms with Crippen molar-refractivity contribution in [1.29, 1.82) is 0 Å². The van der Waals surface area contributed by atoms with Gasteiger partial charge >= 0.3 is 5.97 Å². The highest BCUT2D eigenvalue weighted by Gasteiger charge is 2.34. The molecular weight excluding hydrogens is 602 g/mol. The van der Waals surface area contributed by atoms with Crippen molar-refractivity contribution in [2.45, 2.75) is 19.9 Å². The number of esters is 1. The molecule has 10 nitrogen and oxygen atoms in total. The summed E-state index contributed by atoms with van der Waals surface area (Å²) < 4.78 is 8.81. The summed E-state index contributed by atoms with van der Waals surface area (Å²) in [6.07, 6.45) is 3.58. The van der Waals surface area contributed by atoms with Gasteiger partial charge in [0.2, 0.25) is 0 Å². The largest absolute Gasteiger partial charge is 0.463 e. The van der Waals surface area contributed by atoms with E-state index in [1.165, 1.54) is 22.8 Å². The van der Waals surface area contributed by atoms with E-state index in [0.29, 0.717) is 36.9 Å². The lowest BCUT2D eigenvalue weighted by Gasteiger charge is -2.24. The van der Waals surface area contributed by atoms with E-state index in [4.69, 9.17) is 21.4 Å². The number of nitro groups is 1. The van der Waals surface area contributed by atoms with Crippen molar-refractivity contribution in [3.63, 3.8) is 0 Å². The molecule has 0 unspecified atom stereocenters. The predicted molar refractivity (Wildman–Crippen MR) is 168 cm³/mol. The van der Waals surface area contributed by atoms with Crippen molar-refractivity contribution >= 4 is 40.7 Å². The molecule has 0 aliphatic carbocycles. The van der Waals surface area contributed by atoms with E-state index < -0.39 is 22.5 Å². The van der Waals surface area contributed by atoms with E-state index >= 15 is 0 Å². The standard InChI is InChI=1S/C32H24ClN5O5S/c1-3-43-31(40)27-19(2)34-32-37(29(27)21-8-7-11-25(16-21)38(41)42)30(39)26(44-32)17-22-18-36(24-9-5-4-6-10-24)35-28(22)20-12-14-23(33)15-13-20/h4-18,29H,3H2,1-2H3/b26-17-/t29-/m1/s1. The van der Waals surface area contributed by atoms with Crippen LogP contribution in [0.4, 0.5) is 5.69 Å². The number of carbonyl (C=O) groups is 1. The molecule has 0 fully saturated rings. The first kappa shape index (κ1) is 29.0. The third-order valence-electron chi connectivity index (χ3n) is 7.08. The van der Waals surface area contributed by atoms with Gasteiger partial charge in [-0.2, -0.15) is 5.10 Å². The summed E-state index contributed by atoms with van der Waals surface area (Å²) in [5.74, 6) is -0.645. The summed E-state index contributed by atoms with van der Waals surface area (Å²) >= 11 is 7.30. The maximum absolute atomic E-state index is 14.2. The Morgan fingerprint density at radius 1 is 1.11 bits per heavy atom. The van der Waals surface area contributed by atoms with Crippen LogP contribution in [-0.4, -0.2) is 31.8 Å². The smallest absolute Gasteiger partial charge is 0.338 e. The Labute approximate surface area is 259 Å². The summed E-state index contributed by atoms with van der Waals surface area (Å²) in [5.41, 5.74) is 3.28. The van der Waals surface area contributed by atoms with Gasteiger partial charge in [-0.25, -0.2) is 14.5 Å². The Morgan fingerprint density at radius 2 is 1.86 bits per heavy atom. The Kier molecular flexibility index (Phi) is 7.81. The van der Waals surface area contributed by atoms with Crippen LogP contribution in [-0.2, 0) is 9.53 Å². The van der Waals surface area contributed by atoms with Crippen LogP contribution in [0.5, 0.6) is 0 Å². The topological polar surface area (TPSA) is 122 Å². The number of hydrogen-bond acceptors (Lipinski definition) is 8. The summed E-state index contributed by atoms with van der Waals surface area (Å²) in [7, 11) is 0. The Balaban J connectivity index is 1.57. The number of non-ortho nitro benzene ring substituents is 1. The fraction of sp³-hybridized carbons (Fsp3) is 0.125. The van der Waals surface area contributed by atoms with Gasteiger partial charge in [-0.3, -0.25) is 19.5 Å². The van der Waals surface area contributed by atoms with Gasteiger partial charge < -0.3 is 4.74 Å². The molecule has 220 valence electrons. The molecule has 2 aromatic heterocycles. The number of nitro benzene ring substituents is 1. The van der Waals surface area contributed by atoms with Gasteiger partial charge in [0, 0.05) is 34.5 Å². The number of aromatic nitrogens is 3. The van der Waals surface area contributed by atoms with Gasteiger partial charge in [0.15, 0.2) is 4.80 Å². The van der Waals surface area contributed by atoms with Gasteiger partial charge in [0.25, 0.3) is 11.2 Å². The highest BCUT2D eigenvalue weighted by atomic mass is 35.5. The normalized spacial score (nSPS) is 14.7. The molecule has 3 aromatic carbocycles. The second-order valence-corrected chi connectivity index (χ2v) is 11.3. The van der Waals surface area contributed by atoms with E-state index in [2.05, 4.69) is 4.99 Å². The zero-order valence-electron chi connectivity index (χ0n) is 23.5. The zero-order valence-corrected chi connectivity index (χ0v) is 25.1. The zero-order chi connectivity index (χ0) is 31.0. The van der Waals surface area contributed by atoms with Gasteiger partial charge in [-0.05, 0) is 49.8 Å². The van der Waals surface area contributed by atoms with Crippen molar-refractivity contribution < 1.29 is 14.5 Å². The lowest BCUT2D eigenvalue weighted by molar-refractivity contribution is -0.384. The van der Waals surface area contributed by atoms with Gasteiger partial charge in [-0.15, -0.1) is 0 Å². The number of carbonyl (C=O) groups excluding carboxylic acids is 1. The molecular formula is C32H24ClN5O5S. The molecule has 3 heterocycles. The number of ether oxygens (including phenoxy) is 1. The number of rotatable bonds is 7. The minimum atomic E-state index is -0.977. The molecule has 0 amide bonds. The monoisotopic (exact) mass is 625 g/mol. The molecule has 0 spiro atoms. The van der Waals surface area contributed by atoms with Crippen LogP contribution in [0.2, 0.25) is 5.02 Å². The third-order valence-corrected chi connectivity index (χ3v) is 8.32. The van der Waals surface area contributed by atoms with Crippen molar-refractivity contribution in [1.82, 2.24) is 14.3 Å². The third kappa shape index (κ3) is 5.38. The lowest BCUT2D eigenvalue weighted by atomic mass is 9.95. The van der Waals surface area contributed by atoms with Crippen molar-refractivity contribution in [3.8, 4) is 16.9 Å². The SMILES string of the molecule is CCOC(=O)C1=C(C)N=c2s/c(=C\c3cn(-c4ccccc4)nc3-c3ccc(Cl)cc3)c(=O)n2[C@@H]1c1cccc([N+](=O)[O-])c1. The molecule has 0 radical (unpaired) electrons. The van der Waals surface area contributed by atoms with Crippen LogP contribution >= 0.6 is 22.9 Å². The van der Waals surface area contributed by atoms with E-state index in [9.17, 15) is 19.7 Å². The van der Waals surface area contributed by atoms with E-state index in [1.807, 2.05) is 48.7 Å². The van der Waals surface area contributed by atoms with Crippen LogP contribution in [0.25, 0.3) is 23.0 Å². The molecule has 1 aliphatic rings. The first-order valence-corrected chi connectivity index (χ1v) is 14.8. The Hall–Kier alpha value is -5.13. The predicted octanol–water partition coefficient (Wildman–Crippen LogP) is 5.21. The summed E-state index contributed by atoms with van der Waals surface area (Å²) in [6, 6.07) is 21.8.